The van der Waals surface area contributed by atoms with Gasteiger partial charge in [-0.3, -0.25) is 9.59 Å². The highest BCUT2D eigenvalue weighted by Crippen LogP contribution is 2.34. The van der Waals surface area contributed by atoms with Gasteiger partial charge in [-0.05, 0) is 48.0 Å². The second-order valence-corrected chi connectivity index (χ2v) is 8.57. The van der Waals surface area contributed by atoms with E-state index < -0.39 is 5.56 Å². The summed E-state index contributed by atoms with van der Waals surface area (Å²) in [6.45, 7) is 0. The first-order valence-electron chi connectivity index (χ1n) is 7.80. The van der Waals surface area contributed by atoms with E-state index in [9.17, 15) is 9.59 Å². The monoisotopic (exact) mass is 549 g/mol. The van der Waals surface area contributed by atoms with Crippen LogP contribution >= 0.6 is 47.8 Å². The van der Waals surface area contributed by atoms with Crippen molar-refractivity contribution in [1.82, 2.24) is 15.0 Å². The number of aromatic amines is 2. The van der Waals surface area contributed by atoms with Gasteiger partial charge >= 0.3 is 0 Å². The summed E-state index contributed by atoms with van der Waals surface area (Å²) >= 11 is 10.3. The Labute approximate surface area is 178 Å². The number of H-pyrrole nitrogens is 2. The van der Waals surface area contributed by atoms with Gasteiger partial charge in [-0.1, -0.05) is 47.8 Å². The minimum atomic E-state index is -0.402. The van der Waals surface area contributed by atoms with E-state index in [0.717, 1.165) is 19.0 Å². The highest BCUT2D eigenvalue weighted by Gasteiger charge is 2.23. The lowest BCUT2D eigenvalue weighted by Gasteiger charge is -2.06. The molecule has 2 N–H and O–H groups in total. The van der Waals surface area contributed by atoms with Gasteiger partial charge in [0.15, 0.2) is 0 Å². The normalized spacial score (nSPS) is 11.1. The van der Waals surface area contributed by atoms with Crippen LogP contribution in [0.25, 0.3) is 22.2 Å². The van der Waals surface area contributed by atoms with Crippen LogP contribution in [0.1, 0.15) is 16.1 Å². The number of hydrogen-bond acceptors (Lipinski definition) is 3. The van der Waals surface area contributed by atoms with Crippen molar-refractivity contribution in [2.75, 3.05) is 0 Å². The minimum absolute atomic E-state index is 0.211. The lowest BCUT2D eigenvalue weighted by Crippen LogP contribution is -2.07. The molecule has 0 bridgehead atoms. The van der Waals surface area contributed by atoms with Gasteiger partial charge in [-0.15, -0.1) is 0 Å². The number of nitrogens with zero attached hydrogens (tertiary/aromatic N) is 1. The molecule has 2 aromatic heterocycles. The van der Waals surface area contributed by atoms with E-state index in [-0.39, 0.29) is 5.78 Å². The van der Waals surface area contributed by atoms with Crippen LogP contribution in [0.2, 0.25) is 0 Å². The first kappa shape index (κ1) is 18.3. The maximum Gasteiger partial charge on any atom is 0.282 e. The molecule has 5 nitrogen and oxygen atoms in total. The second-order valence-electron chi connectivity index (χ2n) is 5.83. The van der Waals surface area contributed by atoms with Gasteiger partial charge in [0, 0.05) is 24.5 Å². The third-order valence-electron chi connectivity index (χ3n) is 4.09. The molecular formula is C19H10Br3N3O2. The molecule has 0 saturated carbocycles. The van der Waals surface area contributed by atoms with E-state index in [0.29, 0.717) is 27.9 Å². The van der Waals surface area contributed by atoms with E-state index in [1.807, 2.05) is 18.2 Å². The average molecular weight is 552 g/mol. The van der Waals surface area contributed by atoms with Crippen LogP contribution in [0.4, 0.5) is 0 Å². The Morgan fingerprint density at radius 1 is 0.926 bits per heavy atom. The molecule has 2 heterocycles. The summed E-state index contributed by atoms with van der Waals surface area (Å²) < 4.78 is 2.53. The summed E-state index contributed by atoms with van der Waals surface area (Å²) in [4.78, 5) is 35.5. The summed E-state index contributed by atoms with van der Waals surface area (Å²) in [6, 6.07) is 12.7. The van der Waals surface area contributed by atoms with Crippen molar-refractivity contribution < 1.29 is 4.79 Å². The molecule has 0 spiro atoms. The van der Waals surface area contributed by atoms with Gasteiger partial charge in [0.05, 0.1) is 17.4 Å². The molecule has 4 aromatic rings. The fourth-order valence-electron chi connectivity index (χ4n) is 2.94. The molecule has 2 aromatic carbocycles. The third-order valence-corrected chi connectivity index (χ3v) is 5.53. The summed E-state index contributed by atoms with van der Waals surface area (Å²) in [7, 11) is 0. The number of halogens is 3. The van der Waals surface area contributed by atoms with Crippen molar-refractivity contribution >= 4 is 64.6 Å². The van der Waals surface area contributed by atoms with Crippen LogP contribution in [-0.4, -0.2) is 20.7 Å². The number of rotatable bonds is 3. The second kappa shape index (κ2) is 7.18. The summed E-state index contributed by atoms with van der Waals surface area (Å²) in [5, 5.41) is 0.350. The smallest absolute Gasteiger partial charge is 0.282 e. The highest BCUT2D eigenvalue weighted by molar-refractivity contribution is 9.11. The average Bonchev–Trinajstić information content (AvgIpc) is 3.02. The van der Waals surface area contributed by atoms with Crippen molar-refractivity contribution in [3.63, 3.8) is 0 Å². The Hall–Kier alpha value is -2.03. The molecule has 8 heteroatoms. The predicted molar refractivity (Wildman–Crippen MR) is 115 cm³/mol. The molecule has 0 fully saturated rings. The maximum atomic E-state index is 13.2. The van der Waals surface area contributed by atoms with Gasteiger partial charge in [0.25, 0.3) is 5.56 Å². The number of benzene rings is 2. The van der Waals surface area contributed by atoms with Gasteiger partial charge in [-0.2, -0.15) is 4.98 Å². The Morgan fingerprint density at radius 2 is 1.59 bits per heavy atom. The van der Waals surface area contributed by atoms with Crippen LogP contribution in [0.5, 0.6) is 0 Å². The van der Waals surface area contributed by atoms with Crippen molar-refractivity contribution in [1.29, 1.82) is 0 Å². The van der Waals surface area contributed by atoms with Crippen molar-refractivity contribution in [3.05, 3.63) is 83.8 Å². The maximum absolute atomic E-state index is 13.2. The fourth-order valence-corrected chi connectivity index (χ4v) is 4.50. The molecule has 0 saturated heterocycles. The van der Waals surface area contributed by atoms with Crippen LogP contribution in [0.15, 0.2) is 67.0 Å². The number of fused-ring (bicyclic) bond motifs is 1. The summed E-state index contributed by atoms with van der Waals surface area (Å²) in [5.41, 5.74) is 2.15. The number of nitrogens with one attached hydrogen (secondary N) is 2. The lowest BCUT2D eigenvalue weighted by atomic mass is 9.98. The number of aromatic nitrogens is 3. The molecule has 0 aliphatic rings. The van der Waals surface area contributed by atoms with Gasteiger partial charge in [0.2, 0.25) is 5.78 Å². The summed E-state index contributed by atoms with van der Waals surface area (Å²) in [6.07, 6.45) is 1.32. The quantitative estimate of drug-likeness (QED) is 0.333. The largest absolute Gasteiger partial charge is 0.337 e. The minimum Gasteiger partial charge on any atom is -0.337 e. The number of hydrogen-bond donors (Lipinski definition) is 2. The van der Waals surface area contributed by atoms with Gasteiger partial charge in [0.1, 0.15) is 5.65 Å². The van der Waals surface area contributed by atoms with Gasteiger partial charge < -0.3 is 9.97 Å². The van der Waals surface area contributed by atoms with E-state index in [1.54, 1.807) is 24.3 Å². The molecule has 0 radical (unpaired) electrons. The van der Waals surface area contributed by atoms with Crippen molar-refractivity contribution in [2.24, 2.45) is 0 Å². The SMILES string of the molecule is O=C(c1ccc(Br)cc1)c1[nH]c2[nH]cnc(=O)c2c1-c1cc(Br)cc(Br)c1. The Kier molecular flexibility index (Phi) is 4.88. The van der Waals surface area contributed by atoms with E-state index in [4.69, 9.17) is 0 Å². The molecule has 0 amide bonds. The fraction of sp³-hybridized carbons (Fsp3) is 0. The molecule has 0 atom stereocenters. The zero-order chi connectivity index (χ0) is 19.1. The van der Waals surface area contributed by atoms with E-state index in [2.05, 4.69) is 62.7 Å². The van der Waals surface area contributed by atoms with Gasteiger partial charge in [-0.25, -0.2) is 0 Å². The third kappa shape index (κ3) is 3.44. The molecule has 0 unspecified atom stereocenters. The molecule has 27 heavy (non-hydrogen) atoms. The highest BCUT2D eigenvalue weighted by atomic mass is 79.9. The number of ketones is 1. The number of carbonyl (C=O) groups excluding carboxylic acids is 1. The van der Waals surface area contributed by atoms with Crippen molar-refractivity contribution in [3.8, 4) is 11.1 Å². The van der Waals surface area contributed by atoms with Crippen LogP contribution < -0.4 is 5.56 Å². The standard InChI is InChI=1S/C19H10Br3N3O2/c20-11-3-1-9(2-4-11)17(26)16-14(10-5-12(21)7-13(22)6-10)15-18(25-16)23-8-24-19(15)27/h1-8H,(H2,23,24,25,27). The predicted octanol–water partition coefficient (Wildman–Crippen LogP) is 5.44. The Bertz CT molecular complexity index is 1220. The molecule has 134 valence electrons. The van der Waals surface area contributed by atoms with E-state index in [1.165, 1.54) is 6.33 Å². The molecule has 4 rings (SSSR count). The summed E-state index contributed by atoms with van der Waals surface area (Å²) in [5.74, 6) is -0.211. The zero-order valence-corrected chi connectivity index (χ0v) is 18.3. The number of carbonyl (C=O) groups is 1. The lowest BCUT2D eigenvalue weighted by molar-refractivity contribution is 0.103. The molecule has 0 aliphatic carbocycles. The molecule has 0 aliphatic heterocycles. The van der Waals surface area contributed by atoms with E-state index >= 15 is 0 Å². The van der Waals surface area contributed by atoms with Crippen LogP contribution in [0, 0.1) is 0 Å². The first-order chi connectivity index (χ1) is 12.9. The van der Waals surface area contributed by atoms with Crippen LogP contribution in [0.3, 0.4) is 0 Å². The Morgan fingerprint density at radius 3 is 2.26 bits per heavy atom. The van der Waals surface area contributed by atoms with Crippen molar-refractivity contribution in [2.45, 2.75) is 0 Å². The van der Waals surface area contributed by atoms with Crippen LogP contribution in [-0.2, 0) is 0 Å². The zero-order valence-electron chi connectivity index (χ0n) is 13.5. The molecular weight excluding hydrogens is 542 g/mol. The Balaban J connectivity index is 2.03. The topological polar surface area (TPSA) is 78.6 Å². The first-order valence-corrected chi connectivity index (χ1v) is 10.2.